The molecule has 0 radical (unpaired) electrons. The van der Waals surface area contributed by atoms with Gasteiger partial charge < -0.3 is 4.74 Å². The van der Waals surface area contributed by atoms with Crippen molar-refractivity contribution in [3.05, 3.63) is 40.4 Å². The van der Waals surface area contributed by atoms with Crippen molar-refractivity contribution in [2.24, 2.45) is 0 Å². The Kier molecular flexibility index (Phi) is 3.04. The molecule has 0 spiro atoms. The zero-order valence-electron chi connectivity index (χ0n) is 9.10. The number of hydrogen-bond acceptors (Lipinski definition) is 5. The molecule has 88 valence electrons. The molecule has 0 aliphatic carbocycles. The largest absolute Gasteiger partial charge is 0.462 e. The van der Waals surface area contributed by atoms with Crippen LogP contribution in [0.4, 0.5) is 0 Å². The number of rotatable bonds is 3. The minimum absolute atomic E-state index is 0.324. The molecule has 1 heterocycles. The number of carbonyl (C=O) groups is 1. The average molecular weight is 234 g/mol. The highest BCUT2D eigenvalue weighted by molar-refractivity contribution is 5.89. The Morgan fingerprint density at radius 3 is 2.65 bits per heavy atom. The second-order valence-electron chi connectivity index (χ2n) is 3.24. The third-order valence-electron chi connectivity index (χ3n) is 2.11. The molecule has 1 N–H and O–H groups in total. The highest BCUT2D eigenvalue weighted by Crippen LogP contribution is 2.14. The summed E-state index contributed by atoms with van der Waals surface area (Å²) >= 11 is 0. The Morgan fingerprint density at radius 1 is 1.41 bits per heavy atom. The first-order valence-corrected chi connectivity index (χ1v) is 5.04. The summed E-state index contributed by atoms with van der Waals surface area (Å²) < 4.78 is 9.23. The molecule has 1 aromatic heterocycles. The molecule has 0 fully saturated rings. The number of aromatic nitrogens is 2. The van der Waals surface area contributed by atoms with E-state index >= 15 is 0 Å². The summed E-state index contributed by atoms with van der Waals surface area (Å²) in [6.07, 6.45) is 0. The van der Waals surface area contributed by atoms with Crippen LogP contribution in [0.15, 0.2) is 33.6 Å². The number of benzene rings is 1. The van der Waals surface area contributed by atoms with Crippen LogP contribution in [0.3, 0.4) is 0 Å². The van der Waals surface area contributed by atoms with Crippen LogP contribution in [0, 0.1) is 0 Å². The normalized spacial score (nSPS) is 10.2. The van der Waals surface area contributed by atoms with Crippen LogP contribution in [0.25, 0.3) is 11.4 Å². The Balaban J connectivity index is 2.24. The maximum Gasteiger partial charge on any atom is 0.439 e. The van der Waals surface area contributed by atoms with Crippen LogP contribution in [0.2, 0.25) is 0 Å². The SMILES string of the molecule is CCOC(=O)c1ccc(-c2noc(=O)[nH]2)cc1. The van der Waals surface area contributed by atoms with Gasteiger partial charge in [0.1, 0.15) is 0 Å². The maximum absolute atomic E-state index is 11.4. The molecule has 2 aromatic rings. The number of H-pyrrole nitrogens is 1. The highest BCUT2D eigenvalue weighted by Gasteiger charge is 2.08. The second-order valence-corrected chi connectivity index (χ2v) is 3.24. The van der Waals surface area contributed by atoms with E-state index in [0.29, 0.717) is 23.6 Å². The van der Waals surface area contributed by atoms with E-state index < -0.39 is 5.76 Å². The molecule has 2 rings (SSSR count). The van der Waals surface area contributed by atoms with Gasteiger partial charge in [0.2, 0.25) is 0 Å². The molecule has 6 heteroatoms. The lowest BCUT2D eigenvalue weighted by molar-refractivity contribution is 0.0526. The summed E-state index contributed by atoms with van der Waals surface area (Å²) in [7, 11) is 0. The van der Waals surface area contributed by atoms with Crippen LogP contribution in [0.5, 0.6) is 0 Å². The minimum Gasteiger partial charge on any atom is -0.462 e. The van der Waals surface area contributed by atoms with Gasteiger partial charge in [-0.2, -0.15) is 0 Å². The van der Waals surface area contributed by atoms with Crippen LogP contribution in [0.1, 0.15) is 17.3 Å². The van der Waals surface area contributed by atoms with Gasteiger partial charge in [-0.05, 0) is 19.1 Å². The minimum atomic E-state index is -0.616. The standard InChI is InChI=1S/C11H10N2O4/c1-2-16-10(14)8-5-3-7(4-6-8)9-12-11(15)17-13-9/h3-6H,2H2,1H3,(H,12,13,15). The Labute approximate surface area is 96.2 Å². The maximum atomic E-state index is 11.4. The first kappa shape index (κ1) is 11.1. The Morgan fingerprint density at radius 2 is 2.12 bits per heavy atom. The van der Waals surface area contributed by atoms with E-state index in [9.17, 15) is 9.59 Å². The molecular formula is C11H10N2O4. The van der Waals surface area contributed by atoms with Crippen LogP contribution < -0.4 is 5.76 Å². The van der Waals surface area contributed by atoms with Crippen LogP contribution >= 0.6 is 0 Å². The summed E-state index contributed by atoms with van der Waals surface area (Å²) in [6, 6.07) is 6.50. The first-order chi connectivity index (χ1) is 8.20. The van der Waals surface area contributed by atoms with Gasteiger partial charge in [-0.1, -0.05) is 17.3 Å². The molecule has 0 saturated heterocycles. The van der Waals surface area contributed by atoms with E-state index in [1.54, 1.807) is 31.2 Å². The number of nitrogens with one attached hydrogen (secondary N) is 1. The van der Waals surface area contributed by atoms with Gasteiger partial charge in [0.25, 0.3) is 0 Å². The molecule has 0 aliphatic rings. The summed E-state index contributed by atoms with van der Waals surface area (Å²) in [5, 5.41) is 3.54. The lowest BCUT2D eigenvalue weighted by atomic mass is 10.1. The smallest absolute Gasteiger partial charge is 0.439 e. The van der Waals surface area contributed by atoms with E-state index in [0.717, 1.165) is 0 Å². The quantitative estimate of drug-likeness (QED) is 0.806. The molecule has 1 aromatic carbocycles. The van der Waals surface area contributed by atoms with E-state index in [1.165, 1.54) is 0 Å². The van der Waals surface area contributed by atoms with Gasteiger partial charge in [-0.3, -0.25) is 9.51 Å². The lowest BCUT2D eigenvalue weighted by Crippen LogP contribution is -2.04. The first-order valence-electron chi connectivity index (χ1n) is 5.04. The topological polar surface area (TPSA) is 85.2 Å². The molecule has 0 aliphatic heterocycles. The third-order valence-corrected chi connectivity index (χ3v) is 2.11. The van der Waals surface area contributed by atoms with Crippen molar-refractivity contribution in [1.29, 1.82) is 0 Å². The number of hydrogen-bond donors (Lipinski definition) is 1. The molecule has 6 nitrogen and oxygen atoms in total. The fraction of sp³-hybridized carbons (Fsp3) is 0.182. The summed E-state index contributed by atoms with van der Waals surface area (Å²) in [6.45, 7) is 2.07. The number of nitrogens with zero attached hydrogens (tertiary/aromatic N) is 1. The zero-order chi connectivity index (χ0) is 12.3. The van der Waals surface area contributed by atoms with Crippen LogP contribution in [-0.4, -0.2) is 22.7 Å². The van der Waals surface area contributed by atoms with Crippen molar-refractivity contribution in [1.82, 2.24) is 10.1 Å². The van der Waals surface area contributed by atoms with Crippen molar-refractivity contribution in [3.8, 4) is 11.4 Å². The predicted molar refractivity (Wildman–Crippen MR) is 58.5 cm³/mol. The summed E-state index contributed by atoms with van der Waals surface area (Å²) in [5.74, 6) is -0.674. The summed E-state index contributed by atoms with van der Waals surface area (Å²) in [4.78, 5) is 24.6. The van der Waals surface area contributed by atoms with Gasteiger partial charge in [-0.25, -0.2) is 9.59 Å². The van der Waals surface area contributed by atoms with Gasteiger partial charge in [0.15, 0.2) is 5.82 Å². The van der Waals surface area contributed by atoms with Gasteiger partial charge in [0.05, 0.1) is 12.2 Å². The van der Waals surface area contributed by atoms with Crippen molar-refractivity contribution >= 4 is 5.97 Å². The van der Waals surface area contributed by atoms with Crippen molar-refractivity contribution in [2.75, 3.05) is 6.61 Å². The number of aromatic amines is 1. The highest BCUT2D eigenvalue weighted by atomic mass is 16.5. The number of carbonyl (C=O) groups excluding carboxylic acids is 1. The second kappa shape index (κ2) is 4.65. The van der Waals surface area contributed by atoms with E-state index in [2.05, 4.69) is 14.7 Å². The molecule has 0 bridgehead atoms. The fourth-order valence-electron chi connectivity index (χ4n) is 1.33. The number of esters is 1. The van der Waals surface area contributed by atoms with Gasteiger partial charge in [0, 0.05) is 5.56 Å². The van der Waals surface area contributed by atoms with E-state index in [1.807, 2.05) is 0 Å². The fourth-order valence-corrected chi connectivity index (χ4v) is 1.33. The Hall–Kier alpha value is -2.37. The van der Waals surface area contributed by atoms with E-state index in [4.69, 9.17) is 4.74 Å². The number of ether oxygens (including phenoxy) is 1. The van der Waals surface area contributed by atoms with Crippen molar-refractivity contribution in [3.63, 3.8) is 0 Å². The van der Waals surface area contributed by atoms with Crippen molar-refractivity contribution in [2.45, 2.75) is 6.92 Å². The molecule has 0 unspecified atom stereocenters. The Bertz CT molecular complexity index is 568. The molecule has 0 atom stereocenters. The van der Waals surface area contributed by atoms with Gasteiger partial charge in [-0.15, -0.1) is 0 Å². The third kappa shape index (κ3) is 2.41. The van der Waals surface area contributed by atoms with Crippen molar-refractivity contribution < 1.29 is 14.1 Å². The monoisotopic (exact) mass is 234 g/mol. The van der Waals surface area contributed by atoms with Gasteiger partial charge >= 0.3 is 11.7 Å². The molecule has 17 heavy (non-hydrogen) atoms. The molecular weight excluding hydrogens is 224 g/mol. The molecule has 0 saturated carbocycles. The lowest BCUT2D eigenvalue weighted by Gasteiger charge is -2.01. The van der Waals surface area contributed by atoms with Crippen LogP contribution in [-0.2, 0) is 4.74 Å². The predicted octanol–water partition coefficient (Wildman–Crippen LogP) is 1.21. The van der Waals surface area contributed by atoms with E-state index in [-0.39, 0.29) is 5.97 Å². The zero-order valence-corrected chi connectivity index (χ0v) is 9.10. The average Bonchev–Trinajstić information content (AvgIpc) is 2.76. The summed E-state index contributed by atoms with van der Waals surface area (Å²) in [5.41, 5.74) is 1.10. The molecule has 0 amide bonds.